The van der Waals surface area contributed by atoms with Crippen molar-refractivity contribution in [2.24, 2.45) is 5.73 Å². The summed E-state index contributed by atoms with van der Waals surface area (Å²) in [5.41, 5.74) is 5.14. The Morgan fingerprint density at radius 2 is 2.42 bits per heavy atom. The van der Waals surface area contributed by atoms with Gasteiger partial charge in [-0.25, -0.2) is 0 Å². The van der Waals surface area contributed by atoms with Crippen molar-refractivity contribution in [1.82, 2.24) is 0 Å². The molecule has 0 amide bonds. The number of rotatable bonds is 3. The smallest absolute Gasteiger partial charge is 0.226 e. The summed E-state index contributed by atoms with van der Waals surface area (Å²) in [6.07, 6.45) is 1.86. The van der Waals surface area contributed by atoms with Gasteiger partial charge in [0.15, 0.2) is 5.76 Å². The molecular formula is C8H11NO3. The minimum Gasteiger partial charge on any atom is -0.490 e. The maximum Gasteiger partial charge on any atom is 0.226 e. The third kappa shape index (κ3) is 1.65. The first-order valence-electron chi connectivity index (χ1n) is 3.64. The molecule has 66 valence electrons. The first-order valence-corrected chi connectivity index (χ1v) is 3.64. The fraction of sp³-hybridized carbons (Fsp3) is 0.375. The predicted octanol–water partition coefficient (Wildman–Crippen LogP) is 0.150. The Morgan fingerprint density at radius 1 is 1.67 bits per heavy atom. The standard InChI is InChI=1S/C8H11NO3/c1-11-8-6(10)3-5-12-7(8)2-4-9/h3,5H,2,4,9H2,1H3. The molecule has 0 aliphatic heterocycles. The molecule has 1 aromatic heterocycles. The second-order valence-electron chi connectivity index (χ2n) is 2.28. The first-order chi connectivity index (χ1) is 5.79. The van der Waals surface area contributed by atoms with Gasteiger partial charge in [-0.1, -0.05) is 0 Å². The molecular weight excluding hydrogens is 158 g/mol. The van der Waals surface area contributed by atoms with Crippen LogP contribution >= 0.6 is 0 Å². The van der Waals surface area contributed by atoms with Gasteiger partial charge in [0.2, 0.25) is 11.2 Å². The van der Waals surface area contributed by atoms with Gasteiger partial charge in [-0.15, -0.1) is 0 Å². The van der Waals surface area contributed by atoms with Gasteiger partial charge in [-0.05, 0) is 6.54 Å². The third-order valence-electron chi connectivity index (χ3n) is 1.48. The Kier molecular flexibility index (Phi) is 2.88. The van der Waals surface area contributed by atoms with Crippen LogP contribution in [-0.4, -0.2) is 13.7 Å². The van der Waals surface area contributed by atoms with Gasteiger partial charge >= 0.3 is 0 Å². The van der Waals surface area contributed by atoms with Gasteiger partial charge in [0.05, 0.1) is 13.4 Å². The van der Waals surface area contributed by atoms with E-state index in [0.717, 1.165) is 0 Å². The van der Waals surface area contributed by atoms with Crippen molar-refractivity contribution >= 4 is 0 Å². The number of ether oxygens (including phenoxy) is 1. The van der Waals surface area contributed by atoms with Crippen LogP contribution in [0.25, 0.3) is 0 Å². The lowest BCUT2D eigenvalue weighted by Crippen LogP contribution is -2.10. The summed E-state index contributed by atoms with van der Waals surface area (Å²) >= 11 is 0. The van der Waals surface area contributed by atoms with Crippen LogP contribution in [0.1, 0.15) is 5.76 Å². The van der Waals surface area contributed by atoms with Crippen LogP contribution in [0.2, 0.25) is 0 Å². The Morgan fingerprint density at radius 3 is 3.00 bits per heavy atom. The fourth-order valence-electron chi connectivity index (χ4n) is 0.963. The van der Waals surface area contributed by atoms with Crippen molar-refractivity contribution in [2.45, 2.75) is 6.42 Å². The number of hydrogen-bond donors (Lipinski definition) is 1. The Balaban J connectivity index is 3.09. The average Bonchev–Trinajstić information content (AvgIpc) is 2.05. The van der Waals surface area contributed by atoms with E-state index >= 15 is 0 Å². The summed E-state index contributed by atoms with van der Waals surface area (Å²) in [6, 6.07) is 1.32. The highest BCUT2D eigenvalue weighted by molar-refractivity contribution is 5.24. The zero-order valence-electron chi connectivity index (χ0n) is 6.87. The van der Waals surface area contributed by atoms with E-state index in [9.17, 15) is 4.79 Å². The van der Waals surface area contributed by atoms with Gasteiger partial charge in [-0.2, -0.15) is 0 Å². The number of nitrogens with two attached hydrogens (primary N) is 1. The summed E-state index contributed by atoms with van der Waals surface area (Å²) < 4.78 is 9.93. The number of methoxy groups -OCH3 is 1. The molecule has 0 spiro atoms. The third-order valence-corrected chi connectivity index (χ3v) is 1.48. The Hall–Kier alpha value is -1.29. The van der Waals surface area contributed by atoms with Gasteiger partial charge in [0.25, 0.3) is 0 Å². The van der Waals surface area contributed by atoms with Gasteiger partial charge in [0, 0.05) is 12.5 Å². The molecule has 0 saturated carbocycles. The van der Waals surface area contributed by atoms with Crippen LogP contribution < -0.4 is 15.9 Å². The summed E-state index contributed by atoms with van der Waals surface area (Å²) in [6.45, 7) is 0.434. The quantitative estimate of drug-likeness (QED) is 0.699. The molecule has 4 heteroatoms. The van der Waals surface area contributed by atoms with Crippen molar-refractivity contribution in [2.75, 3.05) is 13.7 Å². The van der Waals surface area contributed by atoms with Gasteiger partial charge in [0.1, 0.15) is 0 Å². The molecule has 0 aromatic carbocycles. The van der Waals surface area contributed by atoms with Crippen molar-refractivity contribution in [1.29, 1.82) is 0 Å². The first kappa shape index (κ1) is 8.80. The molecule has 0 bridgehead atoms. The van der Waals surface area contributed by atoms with E-state index in [1.54, 1.807) is 0 Å². The Labute approximate surface area is 69.9 Å². The van der Waals surface area contributed by atoms with Gasteiger partial charge < -0.3 is 14.9 Å². The van der Waals surface area contributed by atoms with Gasteiger partial charge in [-0.3, -0.25) is 4.79 Å². The van der Waals surface area contributed by atoms with Crippen molar-refractivity contribution in [3.8, 4) is 5.75 Å². The molecule has 0 unspecified atom stereocenters. The SMILES string of the molecule is COc1c(CCN)occc1=O. The van der Waals surface area contributed by atoms with Crippen LogP contribution in [0.3, 0.4) is 0 Å². The molecule has 0 saturated heterocycles. The van der Waals surface area contributed by atoms with Crippen molar-refractivity contribution in [3.63, 3.8) is 0 Å². The maximum absolute atomic E-state index is 11.1. The van der Waals surface area contributed by atoms with Crippen LogP contribution in [0.4, 0.5) is 0 Å². The highest BCUT2D eigenvalue weighted by Crippen LogP contribution is 2.11. The van der Waals surface area contributed by atoms with Crippen molar-refractivity contribution < 1.29 is 9.15 Å². The molecule has 0 aliphatic rings. The lowest BCUT2D eigenvalue weighted by Gasteiger charge is -2.03. The minimum absolute atomic E-state index is 0.174. The summed E-state index contributed by atoms with van der Waals surface area (Å²) in [5.74, 6) is 0.760. The van der Waals surface area contributed by atoms with E-state index in [1.165, 1.54) is 19.4 Å². The van der Waals surface area contributed by atoms with E-state index in [1.807, 2.05) is 0 Å². The molecule has 2 N–H and O–H groups in total. The Bertz CT molecular complexity index is 305. The predicted molar refractivity (Wildman–Crippen MR) is 44.3 cm³/mol. The zero-order valence-corrected chi connectivity index (χ0v) is 6.87. The van der Waals surface area contributed by atoms with Crippen LogP contribution in [-0.2, 0) is 6.42 Å². The highest BCUT2D eigenvalue weighted by Gasteiger charge is 2.07. The molecule has 4 nitrogen and oxygen atoms in total. The number of hydrogen-bond acceptors (Lipinski definition) is 4. The average molecular weight is 169 g/mol. The summed E-state index contributed by atoms with van der Waals surface area (Å²) in [5, 5.41) is 0. The van der Waals surface area contributed by atoms with E-state index in [0.29, 0.717) is 18.7 Å². The van der Waals surface area contributed by atoms with Crippen molar-refractivity contribution in [3.05, 3.63) is 28.3 Å². The molecule has 0 atom stereocenters. The molecule has 0 radical (unpaired) electrons. The minimum atomic E-state index is -0.174. The monoisotopic (exact) mass is 169 g/mol. The maximum atomic E-state index is 11.1. The van der Waals surface area contributed by atoms with Crippen LogP contribution in [0, 0.1) is 0 Å². The molecule has 0 fully saturated rings. The van der Waals surface area contributed by atoms with E-state index < -0.39 is 0 Å². The largest absolute Gasteiger partial charge is 0.490 e. The van der Waals surface area contributed by atoms with E-state index in [4.69, 9.17) is 14.9 Å². The van der Waals surface area contributed by atoms with Crippen LogP contribution in [0.5, 0.6) is 5.75 Å². The lowest BCUT2D eigenvalue weighted by atomic mass is 10.3. The fourth-order valence-corrected chi connectivity index (χ4v) is 0.963. The molecule has 12 heavy (non-hydrogen) atoms. The second kappa shape index (κ2) is 3.92. The lowest BCUT2D eigenvalue weighted by molar-refractivity contribution is 0.368. The topological polar surface area (TPSA) is 65.5 Å². The highest BCUT2D eigenvalue weighted by atomic mass is 16.5. The molecule has 1 aromatic rings. The molecule has 1 rings (SSSR count). The molecule has 0 aliphatic carbocycles. The normalized spacial score (nSPS) is 9.83. The zero-order chi connectivity index (χ0) is 8.97. The summed E-state index contributed by atoms with van der Waals surface area (Å²) in [4.78, 5) is 11.1. The second-order valence-corrected chi connectivity index (χ2v) is 2.28. The van der Waals surface area contributed by atoms with Crippen LogP contribution in [0.15, 0.2) is 21.5 Å². The summed E-state index contributed by atoms with van der Waals surface area (Å²) in [7, 11) is 1.44. The van der Waals surface area contributed by atoms with E-state index in [2.05, 4.69) is 0 Å². The molecule has 1 heterocycles. The van der Waals surface area contributed by atoms with E-state index in [-0.39, 0.29) is 11.2 Å².